The number of nitrogens with one attached hydrogen (secondary N) is 1. The third-order valence-electron chi connectivity index (χ3n) is 2.90. The fraction of sp³-hybridized carbons (Fsp3) is 0.571. The van der Waals surface area contributed by atoms with Crippen LogP contribution in [0.4, 0.5) is 5.69 Å². The molecule has 0 spiro atoms. The Balaban J connectivity index is 2.49. The third kappa shape index (κ3) is 6.48. The molecule has 1 N–H and O–H groups in total. The van der Waals surface area contributed by atoms with E-state index in [1.54, 1.807) is 7.11 Å². The van der Waals surface area contributed by atoms with Crippen LogP contribution in [0, 0.1) is 0 Å². The van der Waals surface area contributed by atoms with Crippen molar-refractivity contribution in [1.82, 2.24) is 5.48 Å². The highest BCUT2D eigenvalue weighted by atomic mass is 35.5. The molecule has 0 aliphatic carbocycles. The van der Waals surface area contributed by atoms with Gasteiger partial charge in [0.1, 0.15) is 0 Å². The largest absolute Gasteiger partial charge is 0.369 e. The predicted octanol–water partition coefficient (Wildman–Crippen LogP) is 3.05. The lowest BCUT2D eigenvalue weighted by atomic mass is 10.1. The van der Waals surface area contributed by atoms with Crippen molar-refractivity contribution in [2.45, 2.75) is 12.8 Å². The predicted molar refractivity (Wildman–Crippen MR) is 83.4 cm³/mol. The van der Waals surface area contributed by atoms with Gasteiger partial charge in [-0.05, 0) is 30.5 Å². The lowest BCUT2D eigenvalue weighted by molar-refractivity contribution is 0.0911. The maximum atomic E-state index is 5.81. The summed E-state index contributed by atoms with van der Waals surface area (Å²) in [7, 11) is 1.64. The van der Waals surface area contributed by atoms with Gasteiger partial charge in [-0.3, -0.25) is 0 Å². The fourth-order valence-electron chi connectivity index (χ4n) is 1.91. The molecule has 0 aliphatic heterocycles. The molecule has 0 heterocycles. The molecule has 0 saturated heterocycles. The third-order valence-corrected chi connectivity index (χ3v) is 3.24. The number of alkyl halides is 2. The quantitative estimate of drug-likeness (QED) is 0.408. The zero-order valence-electron chi connectivity index (χ0n) is 11.4. The van der Waals surface area contributed by atoms with Crippen molar-refractivity contribution in [3.8, 4) is 0 Å². The van der Waals surface area contributed by atoms with Crippen molar-refractivity contribution in [2.75, 3.05) is 43.4 Å². The van der Waals surface area contributed by atoms with Crippen LogP contribution < -0.4 is 10.4 Å². The van der Waals surface area contributed by atoms with Gasteiger partial charge in [0.15, 0.2) is 0 Å². The summed E-state index contributed by atoms with van der Waals surface area (Å²) in [6.45, 7) is 2.51. The normalized spacial score (nSPS) is 10.7. The second-order valence-electron chi connectivity index (χ2n) is 4.23. The first kappa shape index (κ1) is 16.6. The minimum absolute atomic E-state index is 0.612. The van der Waals surface area contributed by atoms with E-state index in [1.807, 2.05) is 0 Å². The Kier molecular flexibility index (Phi) is 9.01. The second-order valence-corrected chi connectivity index (χ2v) is 4.99. The number of nitrogens with zero attached hydrogens (tertiary/aromatic N) is 1. The molecule has 0 unspecified atom stereocenters. The molecule has 5 heteroatoms. The number of aryl methyl sites for hydroxylation is 1. The molecule has 19 heavy (non-hydrogen) atoms. The Morgan fingerprint density at radius 1 is 1.11 bits per heavy atom. The Morgan fingerprint density at radius 3 is 2.26 bits per heavy atom. The van der Waals surface area contributed by atoms with Crippen molar-refractivity contribution < 1.29 is 4.84 Å². The molecule has 0 aromatic heterocycles. The number of anilines is 1. The summed E-state index contributed by atoms with van der Waals surface area (Å²) in [5, 5.41) is 0. The van der Waals surface area contributed by atoms with Gasteiger partial charge in [-0.2, -0.15) is 0 Å². The minimum atomic E-state index is 0.612. The molecule has 0 fully saturated rings. The molecule has 0 atom stereocenters. The van der Waals surface area contributed by atoms with Crippen LogP contribution in [0.15, 0.2) is 24.3 Å². The molecule has 0 saturated carbocycles. The SMILES string of the molecule is CONCCCc1ccc(N(CCCl)CCCl)cc1. The molecule has 0 radical (unpaired) electrons. The van der Waals surface area contributed by atoms with Gasteiger partial charge in [-0.25, -0.2) is 5.48 Å². The Morgan fingerprint density at radius 2 is 1.74 bits per heavy atom. The molecule has 3 nitrogen and oxygen atoms in total. The van der Waals surface area contributed by atoms with E-state index in [9.17, 15) is 0 Å². The van der Waals surface area contributed by atoms with Gasteiger partial charge >= 0.3 is 0 Å². The van der Waals surface area contributed by atoms with Crippen molar-refractivity contribution >= 4 is 28.9 Å². The summed E-state index contributed by atoms with van der Waals surface area (Å²) in [5.74, 6) is 1.22. The van der Waals surface area contributed by atoms with Gasteiger partial charge in [0.2, 0.25) is 0 Å². The van der Waals surface area contributed by atoms with Crippen LogP contribution in [0.25, 0.3) is 0 Å². The van der Waals surface area contributed by atoms with Crippen molar-refractivity contribution in [3.05, 3.63) is 29.8 Å². The minimum Gasteiger partial charge on any atom is -0.369 e. The van der Waals surface area contributed by atoms with Gasteiger partial charge < -0.3 is 9.74 Å². The van der Waals surface area contributed by atoms with E-state index in [4.69, 9.17) is 28.0 Å². The van der Waals surface area contributed by atoms with Crippen LogP contribution in [0.1, 0.15) is 12.0 Å². The standard InChI is InChI=1S/C14H22Cl2N2O/c1-19-17-10-2-3-13-4-6-14(7-5-13)18(11-8-15)12-9-16/h4-7,17H,2-3,8-12H2,1H3. The van der Waals surface area contributed by atoms with E-state index in [2.05, 4.69) is 34.6 Å². The summed E-state index contributed by atoms with van der Waals surface area (Å²) in [5.41, 5.74) is 5.36. The van der Waals surface area contributed by atoms with Crippen LogP contribution in [0.2, 0.25) is 0 Å². The number of rotatable bonds is 10. The molecule has 0 aliphatic rings. The zero-order valence-corrected chi connectivity index (χ0v) is 12.9. The number of hydroxylamine groups is 1. The molecule has 0 bridgehead atoms. The maximum Gasteiger partial charge on any atom is 0.0572 e. The van der Waals surface area contributed by atoms with Crippen LogP contribution in [0.5, 0.6) is 0 Å². The van der Waals surface area contributed by atoms with E-state index in [0.717, 1.165) is 32.5 Å². The van der Waals surface area contributed by atoms with E-state index in [1.165, 1.54) is 11.3 Å². The highest BCUT2D eigenvalue weighted by Crippen LogP contribution is 2.16. The van der Waals surface area contributed by atoms with Gasteiger partial charge in [-0.15, -0.1) is 23.2 Å². The Bertz CT molecular complexity index is 327. The highest BCUT2D eigenvalue weighted by Gasteiger charge is 2.04. The summed E-state index contributed by atoms with van der Waals surface area (Å²) in [4.78, 5) is 7.01. The van der Waals surface area contributed by atoms with E-state index < -0.39 is 0 Å². The molecular weight excluding hydrogens is 283 g/mol. The molecule has 1 rings (SSSR count). The van der Waals surface area contributed by atoms with E-state index >= 15 is 0 Å². The first-order valence-corrected chi connectivity index (χ1v) is 7.60. The first-order valence-electron chi connectivity index (χ1n) is 6.53. The summed E-state index contributed by atoms with van der Waals surface area (Å²) >= 11 is 11.6. The van der Waals surface area contributed by atoms with Crippen LogP contribution in [0.3, 0.4) is 0 Å². The molecular formula is C14H22Cl2N2O. The van der Waals surface area contributed by atoms with Crippen molar-refractivity contribution in [1.29, 1.82) is 0 Å². The lowest BCUT2D eigenvalue weighted by Crippen LogP contribution is -2.27. The number of benzene rings is 1. The maximum absolute atomic E-state index is 5.81. The number of hydrogen-bond acceptors (Lipinski definition) is 3. The van der Waals surface area contributed by atoms with Gasteiger partial charge in [0, 0.05) is 37.1 Å². The molecule has 1 aromatic rings. The summed E-state index contributed by atoms with van der Waals surface area (Å²) in [6.07, 6.45) is 2.10. The van der Waals surface area contributed by atoms with Crippen molar-refractivity contribution in [3.63, 3.8) is 0 Å². The number of halogens is 2. The highest BCUT2D eigenvalue weighted by molar-refractivity contribution is 6.18. The fourth-order valence-corrected chi connectivity index (χ4v) is 2.32. The van der Waals surface area contributed by atoms with Gasteiger partial charge in [-0.1, -0.05) is 12.1 Å². The zero-order chi connectivity index (χ0) is 13.9. The van der Waals surface area contributed by atoms with Gasteiger partial charge in [0.25, 0.3) is 0 Å². The first-order chi connectivity index (χ1) is 9.31. The average Bonchev–Trinajstić information content (AvgIpc) is 2.44. The monoisotopic (exact) mass is 304 g/mol. The van der Waals surface area contributed by atoms with E-state index in [0.29, 0.717) is 11.8 Å². The molecule has 1 aromatic carbocycles. The average molecular weight is 305 g/mol. The second kappa shape index (κ2) is 10.3. The van der Waals surface area contributed by atoms with E-state index in [-0.39, 0.29) is 0 Å². The molecule has 0 amide bonds. The summed E-state index contributed by atoms with van der Waals surface area (Å²) in [6, 6.07) is 8.60. The molecule has 108 valence electrons. The van der Waals surface area contributed by atoms with Gasteiger partial charge in [0.05, 0.1) is 7.11 Å². The van der Waals surface area contributed by atoms with Crippen LogP contribution in [-0.2, 0) is 11.3 Å². The smallest absolute Gasteiger partial charge is 0.0572 e. The van der Waals surface area contributed by atoms with Crippen molar-refractivity contribution in [2.24, 2.45) is 0 Å². The topological polar surface area (TPSA) is 24.5 Å². The lowest BCUT2D eigenvalue weighted by Gasteiger charge is -2.23. The summed E-state index contributed by atoms with van der Waals surface area (Å²) < 4.78 is 0. The Hall–Kier alpha value is -0.480. The number of hydrogen-bond donors (Lipinski definition) is 1. The van der Waals surface area contributed by atoms with Crippen LogP contribution >= 0.6 is 23.2 Å². The Labute approximate surface area is 125 Å². The van der Waals surface area contributed by atoms with Crippen LogP contribution in [-0.4, -0.2) is 38.5 Å².